The number of nitriles is 1. The molecule has 0 aliphatic rings. The van der Waals surface area contributed by atoms with E-state index in [1.165, 1.54) is 0 Å². The molecule has 0 heterocycles. The lowest BCUT2D eigenvalue weighted by molar-refractivity contribution is 0.132. The highest BCUT2D eigenvalue weighted by molar-refractivity contribution is 6.33. The molecule has 0 aliphatic carbocycles. The minimum atomic E-state index is 0.223. The Morgan fingerprint density at radius 2 is 1.74 bits per heavy atom. The monoisotopic (exact) mass is 269 g/mol. The van der Waals surface area contributed by atoms with Gasteiger partial charge in [0.25, 0.3) is 0 Å². The SMILES string of the molecule is N#Cc1ccccc1CO/N=[C]\c1ccccc1Cl. The molecule has 2 aromatic rings. The van der Waals surface area contributed by atoms with Crippen LogP contribution in [0.1, 0.15) is 16.7 Å². The Morgan fingerprint density at radius 3 is 2.47 bits per heavy atom. The van der Waals surface area contributed by atoms with Crippen LogP contribution in [-0.4, -0.2) is 6.21 Å². The summed E-state index contributed by atoms with van der Waals surface area (Å²) in [6, 6.07) is 16.5. The Balaban J connectivity index is 1.98. The second kappa shape index (κ2) is 6.58. The smallest absolute Gasteiger partial charge is 0.143 e. The molecule has 4 heteroatoms. The first-order chi connectivity index (χ1) is 9.31. The van der Waals surface area contributed by atoms with Crippen LogP contribution in [0, 0.1) is 11.3 Å². The third-order valence-electron chi connectivity index (χ3n) is 2.46. The normalized spacial score (nSPS) is 10.3. The lowest BCUT2D eigenvalue weighted by Gasteiger charge is -2.01. The van der Waals surface area contributed by atoms with Crippen molar-refractivity contribution >= 4 is 17.8 Å². The number of hydrogen-bond acceptors (Lipinski definition) is 3. The maximum Gasteiger partial charge on any atom is 0.143 e. The van der Waals surface area contributed by atoms with Crippen molar-refractivity contribution in [3.63, 3.8) is 0 Å². The Bertz CT molecular complexity index is 632. The zero-order valence-corrected chi connectivity index (χ0v) is 10.8. The van der Waals surface area contributed by atoms with Crippen molar-refractivity contribution in [2.45, 2.75) is 6.61 Å². The van der Waals surface area contributed by atoms with E-state index in [0.29, 0.717) is 16.1 Å². The van der Waals surface area contributed by atoms with Crippen LogP contribution in [0.2, 0.25) is 5.02 Å². The Labute approximate surface area is 116 Å². The molecule has 0 unspecified atom stereocenters. The van der Waals surface area contributed by atoms with Gasteiger partial charge in [0.1, 0.15) is 12.8 Å². The lowest BCUT2D eigenvalue weighted by atomic mass is 10.1. The van der Waals surface area contributed by atoms with E-state index < -0.39 is 0 Å². The molecule has 1 radical (unpaired) electrons. The molecule has 0 saturated carbocycles. The van der Waals surface area contributed by atoms with Gasteiger partial charge in [-0.05, 0) is 12.1 Å². The standard InChI is InChI=1S/C15H10ClN2O/c16-15-8-4-3-6-13(15)10-18-19-11-14-7-2-1-5-12(14)9-17/h1-8H,11H2. The summed E-state index contributed by atoms with van der Waals surface area (Å²) in [6.07, 6.45) is 2.71. The first-order valence-electron chi connectivity index (χ1n) is 5.62. The zero-order chi connectivity index (χ0) is 13.5. The zero-order valence-electron chi connectivity index (χ0n) is 10.0. The average molecular weight is 270 g/mol. The highest BCUT2D eigenvalue weighted by Gasteiger charge is 2.00. The average Bonchev–Trinajstić information content (AvgIpc) is 2.45. The molecule has 2 rings (SSSR count). The van der Waals surface area contributed by atoms with E-state index in [4.69, 9.17) is 21.7 Å². The fraction of sp³-hybridized carbons (Fsp3) is 0.0667. The number of rotatable bonds is 4. The van der Waals surface area contributed by atoms with E-state index in [-0.39, 0.29) is 6.61 Å². The molecule has 0 saturated heterocycles. The third-order valence-corrected chi connectivity index (χ3v) is 2.79. The molecule has 0 aromatic heterocycles. The van der Waals surface area contributed by atoms with E-state index >= 15 is 0 Å². The second-order valence-corrected chi connectivity index (χ2v) is 4.13. The summed E-state index contributed by atoms with van der Waals surface area (Å²) in [6.45, 7) is 0.223. The molecule has 19 heavy (non-hydrogen) atoms. The molecule has 2 aromatic carbocycles. The number of benzene rings is 2. The molecular formula is C15H10ClN2O. The van der Waals surface area contributed by atoms with E-state index in [0.717, 1.165) is 5.56 Å². The number of nitrogens with zero attached hydrogens (tertiary/aromatic N) is 2. The summed E-state index contributed by atoms with van der Waals surface area (Å²) in [5.41, 5.74) is 2.03. The first kappa shape index (κ1) is 13.1. The van der Waals surface area contributed by atoms with Crippen LogP contribution < -0.4 is 0 Å². The predicted molar refractivity (Wildman–Crippen MR) is 73.9 cm³/mol. The molecule has 0 atom stereocenters. The second-order valence-electron chi connectivity index (χ2n) is 3.73. The topological polar surface area (TPSA) is 45.4 Å². The van der Waals surface area contributed by atoms with Gasteiger partial charge >= 0.3 is 0 Å². The van der Waals surface area contributed by atoms with Crippen molar-refractivity contribution in [2.24, 2.45) is 5.16 Å². The van der Waals surface area contributed by atoms with Gasteiger partial charge in [-0.2, -0.15) is 5.26 Å². The van der Waals surface area contributed by atoms with Crippen molar-refractivity contribution in [3.8, 4) is 6.07 Å². The fourth-order valence-corrected chi connectivity index (χ4v) is 1.67. The van der Waals surface area contributed by atoms with Crippen LogP contribution in [0.4, 0.5) is 0 Å². The molecule has 0 N–H and O–H groups in total. The quantitative estimate of drug-likeness (QED) is 0.628. The molecule has 0 amide bonds. The Kier molecular flexibility index (Phi) is 4.54. The Morgan fingerprint density at radius 1 is 1.05 bits per heavy atom. The maximum absolute atomic E-state index is 8.92. The lowest BCUT2D eigenvalue weighted by Crippen LogP contribution is -1.92. The highest BCUT2D eigenvalue weighted by Crippen LogP contribution is 2.13. The summed E-state index contributed by atoms with van der Waals surface area (Å²) in [5, 5.41) is 13.2. The minimum Gasteiger partial charge on any atom is -0.390 e. The molecular weight excluding hydrogens is 260 g/mol. The molecule has 93 valence electrons. The van der Waals surface area contributed by atoms with Gasteiger partial charge in [0.15, 0.2) is 0 Å². The van der Waals surface area contributed by atoms with Gasteiger partial charge in [-0.3, -0.25) is 0 Å². The van der Waals surface area contributed by atoms with Gasteiger partial charge in [-0.25, -0.2) is 0 Å². The van der Waals surface area contributed by atoms with Crippen LogP contribution in [0.25, 0.3) is 0 Å². The van der Waals surface area contributed by atoms with E-state index in [1.54, 1.807) is 24.3 Å². The van der Waals surface area contributed by atoms with Crippen molar-refractivity contribution in [2.75, 3.05) is 0 Å². The van der Waals surface area contributed by atoms with Gasteiger partial charge < -0.3 is 4.84 Å². The summed E-state index contributed by atoms with van der Waals surface area (Å²) < 4.78 is 0. The molecule has 0 aliphatic heterocycles. The van der Waals surface area contributed by atoms with Crippen molar-refractivity contribution in [3.05, 3.63) is 70.2 Å². The largest absolute Gasteiger partial charge is 0.390 e. The minimum absolute atomic E-state index is 0.223. The predicted octanol–water partition coefficient (Wildman–Crippen LogP) is 3.64. The Hall–Kier alpha value is -2.31. The van der Waals surface area contributed by atoms with Crippen molar-refractivity contribution in [1.82, 2.24) is 0 Å². The third kappa shape index (κ3) is 3.57. The number of hydrogen-bond donors (Lipinski definition) is 0. The van der Waals surface area contributed by atoms with Crippen molar-refractivity contribution in [1.29, 1.82) is 5.26 Å². The van der Waals surface area contributed by atoms with Crippen LogP contribution in [0.5, 0.6) is 0 Å². The number of halogens is 1. The van der Waals surface area contributed by atoms with E-state index in [1.807, 2.05) is 24.3 Å². The first-order valence-corrected chi connectivity index (χ1v) is 5.99. The molecule has 0 spiro atoms. The van der Waals surface area contributed by atoms with E-state index in [9.17, 15) is 0 Å². The molecule has 0 bridgehead atoms. The van der Waals surface area contributed by atoms with Gasteiger partial charge in [-0.15, -0.1) is 0 Å². The van der Waals surface area contributed by atoms with Crippen LogP contribution in [0.3, 0.4) is 0 Å². The van der Waals surface area contributed by atoms with Gasteiger partial charge in [0.05, 0.1) is 16.7 Å². The van der Waals surface area contributed by atoms with Crippen LogP contribution >= 0.6 is 11.6 Å². The summed E-state index contributed by atoms with van der Waals surface area (Å²) in [4.78, 5) is 5.13. The van der Waals surface area contributed by atoms with Crippen LogP contribution in [0.15, 0.2) is 53.7 Å². The molecule has 0 fully saturated rings. The van der Waals surface area contributed by atoms with Gasteiger partial charge in [-0.1, -0.05) is 53.2 Å². The van der Waals surface area contributed by atoms with Gasteiger partial charge in [0.2, 0.25) is 0 Å². The summed E-state index contributed by atoms with van der Waals surface area (Å²) in [7, 11) is 0. The van der Waals surface area contributed by atoms with Crippen molar-refractivity contribution < 1.29 is 4.84 Å². The van der Waals surface area contributed by atoms with Crippen LogP contribution in [-0.2, 0) is 11.4 Å². The van der Waals surface area contributed by atoms with E-state index in [2.05, 4.69) is 17.4 Å². The maximum atomic E-state index is 8.92. The molecule has 3 nitrogen and oxygen atoms in total. The fourth-order valence-electron chi connectivity index (χ4n) is 1.49. The summed E-state index contributed by atoms with van der Waals surface area (Å²) >= 11 is 5.95. The highest BCUT2D eigenvalue weighted by atomic mass is 35.5. The summed E-state index contributed by atoms with van der Waals surface area (Å²) in [5.74, 6) is 0. The van der Waals surface area contributed by atoms with Gasteiger partial charge in [0, 0.05) is 11.1 Å².